The van der Waals surface area contributed by atoms with Crippen molar-refractivity contribution in [3.05, 3.63) is 0 Å². The normalized spacial score (nSPS) is 14.7. The van der Waals surface area contributed by atoms with Crippen LogP contribution in [0.15, 0.2) is 0 Å². The zero-order chi connectivity index (χ0) is 12.1. The van der Waals surface area contributed by atoms with Gasteiger partial charge in [-0.2, -0.15) is 5.26 Å². The summed E-state index contributed by atoms with van der Waals surface area (Å²) >= 11 is 0. The lowest BCUT2D eigenvalue weighted by atomic mass is 9.87. The van der Waals surface area contributed by atoms with E-state index in [1.165, 1.54) is 0 Å². The summed E-state index contributed by atoms with van der Waals surface area (Å²) in [4.78, 5) is 0. The molecule has 1 N–H and O–H groups in total. The van der Waals surface area contributed by atoms with Crippen molar-refractivity contribution in [3.63, 3.8) is 0 Å². The quantitative estimate of drug-likeness (QED) is 0.713. The molecule has 0 heterocycles. The lowest BCUT2D eigenvalue weighted by Crippen LogP contribution is -2.29. The largest absolute Gasteiger partial charge is 0.391 e. The van der Waals surface area contributed by atoms with E-state index < -0.39 is 11.5 Å². The summed E-state index contributed by atoms with van der Waals surface area (Å²) in [5.41, 5.74) is -0.541. The van der Waals surface area contributed by atoms with Crippen LogP contribution in [0.1, 0.15) is 41.0 Å². The fourth-order valence-electron chi connectivity index (χ4n) is 1.01. The molecule has 0 rings (SSSR count). The average molecular weight is 213 g/mol. The maximum Gasteiger partial charge on any atom is 0.0777 e. The number of rotatable bonds is 5. The molecule has 15 heavy (non-hydrogen) atoms. The van der Waals surface area contributed by atoms with Crippen LogP contribution >= 0.6 is 0 Å². The zero-order valence-electron chi connectivity index (χ0n) is 10.5. The van der Waals surface area contributed by atoms with Gasteiger partial charge >= 0.3 is 0 Å². The second-order valence-corrected chi connectivity index (χ2v) is 5.75. The first-order chi connectivity index (χ1) is 6.69. The van der Waals surface area contributed by atoms with Crippen LogP contribution in [0, 0.1) is 22.2 Å². The predicted octanol–water partition coefficient (Wildman–Crippen LogP) is 2.35. The highest BCUT2D eigenvalue weighted by Gasteiger charge is 2.27. The molecule has 0 aliphatic heterocycles. The number of nitriles is 1. The van der Waals surface area contributed by atoms with Gasteiger partial charge in [-0.05, 0) is 25.7 Å². The third kappa shape index (κ3) is 6.48. The minimum Gasteiger partial charge on any atom is -0.391 e. The van der Waals surface area contributed by atoms with Crippen molar-refractivity contribution in [3.8, 4) is 6.07 Å². The fraction of sp³-hybridized carbons (Fsp3) is 0.917. The Balaban J connectivity index is 3.75. The van der Waals surface area contributed by atoms with Crippen molar-refractivity contribution in [2.45, 2.75) is 47.1 Å². The van der Waals surface area contributed by atoms with Gasteiger partial charge in [-0.1, -0.05) is 20.8 Å². The van der Waals surface area contributed by atoms with Gasteiger partial charge in [0.05, 0.1) is 24.2 Å². The first kappa shape index (κ1) is 14.4. The molecule has 0 radical (unpaired) electrons. The van der Waals surface area contributed by atoms with E-state index in [0.29, 0.717) is 19.6 Å². The molecule has 1 unspecified atom stereocenters. The predicted molar refractivity (Wildman–Crippen MR) is 60.3 cm³/mol. The number of aliphatic hydroxyl groups is 1. The first-order valence-electron chi connectivity index (χ1n) is 5.36. The molecule has 0 aliphatic carbocycles. The van der Waals surface area contributed by atoms with Gasteiger partial charge in [-0.15, -0.1) is 0 Å². The summed E-state index contributed by atoms with van der Waals surface area (Å²) in [5.74, 6) is 0. The number of nitrogens with zero attached hydrogens (tertiary/aromatic N) is 1. The van der Waals surface area contributed by atoms with Crippen LogP contribution < -0.4 is 0 Å². The van der Waals surface area contributed by atoms with Crippen LogP contribution in [0.2, 0.25) is 0 Å². The van der Waals surface area contributed by atoms with E-state index in [1.807, 2.05) is 0 Å². The Kier molecular flexibility index (Phi) is 5.27. The third-order valence-electron chi connectivity index (χ3n) is 2.19. The van der Waals surface area contributed by atoms with E-state index in [1.54, 1.807) is 13.8 Å². The third-order valence-corrected chi connectivity index (χ3v) is 2.19. The molecule has 1 atom stereocenters. The van der Waals surface area contributed by atoms with E-state index >= 15 is 0 Å². The molecular formula is C12H23NO2. The van der Waals surface area contributed by atoms with Crippen molar-refractivity contribution >= 4 is 0 Å². The van der Waals surface area contributed by atoms with E-state index in [-0.39, 0.29) is 5.41 Å². The number of hydrogen-bond donors (Lipinski definition) is 1. The van der Waals surface area contributed by atoms with Gasteiger partial charge in [0.15, 0.2) is 0 Å². The molecular weight excluding hydrogens is 190 g/mol. The minimum absolute atomic E-state index is 0.149. The summed E-state index contributed by atoms with van der Waals surface area (Å²) in [5, 5.41) is 18.5. The Bertz CT molecular complexity index is 223. The minimum atomic E-state index is -0.689. The fourth-order valence-corrected chi connectivity index (χ4v) is 1.01. The zero-order valence-corrected chi connectivity index (χ0v) is 10.5. The molecule has 0 aliphatic rings. The van der Waals surface area contributed by atoms with Gasteiger partial charge in [-0.25, -0.2) is 0 Å². The van der Waals surface area contributed by atoms with Crippen molar-refractivity contribution in [2.24, 2.45) is 10.8 Å². The van der Waals surface area contributed by atoms with E-state index in [9.17, 15) is 5.11 Å². The average Bonchev–Trinajstić information content (AvgIpc) is 2.10. The monoisotopic (exact) mass is 213 g/mol. The summed E-state index contributed by atoms with van der Waals surface area (Å²) < 4.78 is 5.44. The Morgan fingerprint density at radius 1 is 1.27 bits per heavy atom. The van der Waals surface area contributed by atoms with E-state index in [2.05, 4.69) is 26.8 Å². The molecule has 0 fully saturated rings. The summed E-state index contributed by atoms with van der Waals surface area (Å²) in [6, 6.07) is 2.09. The van der Waals surface area contributed by atoms with Crippen molar-refractivity contribution < 1.29 is 9.84 Å². The Hall–Kier alpha value is -0.590. The van der Waals surface area contributed by atoms with Gasteiger partial charge in [0, 0.05) is 6.61 Å². The van der Waals surface area contributed by atoms with Crippen LogP contribution in [0.5, 0.6) is 0 Å². The van der Waals surface area contributed by atoms with Gasteiger partial charge in [0.1, 0.15) is 0 Å². The van der Waals surface area contributed by atoms with Crippen molar-refractivity contribution in [2.75, 3.05) is 13.2 Å². The first-order valence-corrected chi connectivity index (χ1v) is 5.36. The van der Waals surface area contributed by atoms with Crippen LogP contribution in [-0.4, -0.2) is 24.4 Å². The molecule has 0 spiro atoms. The van der Waals surface area contributed by atoms with Crippen molar-refractivity contribution in [1.82, 2.24) is 0 Å². The van der Waals surface area contributed by atoms with Crippen LogP contribution in [0.25, 0.3) is 0 Å². The molecule has 3 nitrogen and oxygen atoms in total. The molecule has 0 aromatic carbocycles. The van der Waals surface area contributed by atoms with Gasteiger partial charge in [0.25, 0.3) is 0 Å². The highest BCUT2D eigenvalue weighted by atomic mass is 16.5. The molecule has 0 aromatic rings. The lowest BCUT2D eigenvalue weighted by molar-refractivity contribution is 0.0178. The maximum absolute atomic E-state index is 9.70. The van der Waals surface area contributed by atoms with E-state index in [0.717, 1.165) is 0 Å². The number of hydrogen-bond acceptors (Lipinski definition) is 3. The lowest BCUT2D eigenvalue weighted by Gasteiger charge is -2.24. The second-order valence-electron chi connectivity index (χ2n) is 5.75. The topological polar surface area (TPSA) is 53.2 Å². The molecule has 0 saturated heterocycles. The highest BCUT2D eigenvalue weighted by molar-refractivity contribution is 4.96. The molecule has 88 valence electrons. The molecule has 0 saturated carbocycles. The summed E-state index contributed by atoms with van der Waals surface area (Å²) in [7, 11) is 0. The summed E-state index contributed by atoms with van der Waals surface area (Å²) in [6.45, 7) is 11.0. The Labute approximate surface area is 93.1 Å². The standard InChI is InChI=1S/C12H23NO2/c1-11(2,3)9-15-7-6-10(14)12(4,5)8-13/h10,14H,6-7,9H2,1-5H3. The highest BCUT2D eigenvalue weighted by Crippen LogP contribution is 2.22. The van der Waals surface area contributed by atoms with Gasteiger partial charge < -0.3 is 9.84 Å². The maximum atomic E-state index is 9.70. The molecule has 0 bridgehead atoms. The van der Waals surface area contributed by atoms with Crippen LogP contribution in [0.4, 0.5) is 0 Å². The summed E-state index contributed by atoms with van der Waals surface area (Å²) in [6.07, 6.45) is -0.112. The van der Waals surface area contributed by atoms with Gasteiger partial charge in [-0.3, -0.25) is 0 Å². The molecule has 0 aromatic heterocycles. The number of aliphatic hydroxyl groups excluding tert-OH is 1. The van der Waals surface area contributed by atoms with Crippen LogP contribution in [-0.2, 0) is 4.74 Å². The SMILES string of the molecule is CC(C)(C)COCCC(O)C(C)(C)C#N. The molecule has 3 heteroatoms. The second kappa shape index (κ2) is 5.48. The Morgan fingerprint density at radius 3 is 2.20 bits per heavy atom. The smallest absolute Gasteiger partial charge is 0.0777 e. The Morgan fingerprint density at radius 2 is 1.80 bits per heavy atom. The van der Waals surface area contributed by atoms with Crippen LogP contribution in [0.3, 0.4) is 0 Å². The molecule has 0 amide bonds. The van der Waals surface area contributed by atoms with E-state index in [4.69, 9.17) is 10.00 Å². The van der Waals surface area contributed by atoms with Crippen molar-refractivity contribution in [1.29, 1.82) is 5.26 Å². The van der Waals surface area contributed by atoms with Gasteiger partial charge in [0.2, 0.25) is 0 Å². The number of ether oxygens (including phenoxy) is 1.